The minimum Gasteiger partial charge on any atom is -0.466 e. The van der Waals surface area contributed by atoms with Crippen molar-refractivity contribution in [3.05, 3.63) is 35.9 Å². The minimum atomic E-state index is -0.975. The molecule has 0 saturated carbocycles. The molecule has 0 radical (unpaired) electrons. The Morgan fingerprint density at radius 3 is 2.21 bits per heavy atom. The molecule has 24 heavy (non-hydrogen) atoms. The maximum atomic E-state index is 12.2. The number of hydrogen-bond acceptors (Lipinski definition) is 7. The van der Waals surface area contributed by atoms with E-state index in [0.717, 1.165) is 5.56 Å². The van der Waals surface area contributed by atoms with Gasteiger partial charge in [0.25, 0.3) is 0 Å². The summed E-state index contributed by atoms with van der Waals surface area (Å²) in [5.74, 6) is -1.69. The molecule has 1 rings (SSSR count). The van der Waals surface area contributed by atoms with Gasteiger partial charge < -0.3 is 14.2 Å². The molecule has 0 aliphatic heterocycles. The highest BCUT2D eigenvalue weighted by Crippen LogP contribution is 2.04. The number of esters is 3. The van der Waals surface area contributed by atoms with Crippen molar-refractivity contribution < 1.29 is 28.6 Å². The lowest BCUT2D eigenvalue weighted by molar-refractivity contribution is -0.154. The van der Waals surface area contributed by atoms with Crippen molar-refractivity contribution in [3.8, 4) is 0 Å². The Balaban J connectivity index is 2.58. The number of benzene rings is 1. The van der Waals surface area contributed by atoms with E-state index in [2.05, 4.69) is 5.32 Å². The highest BCUT2D eigenvalue weighted by molar-refractivity contribution is 5.83. The summed E-state index contributed by atoms with van der Waals surface area (Å²) in [6, 6.07) is 8.18. The molecule has 0 aromatic heterocycles. The average Bonchev–Trinajstić information content (AvgIpc) is 2.58. The van der Waals surface area contributed by atoms with Gasteiger partial charge in [-0.2, -0.15) is 0 Å². The van der Waals surface area contributed by atoms with Crippen LogP contribution in [0.3, 0.4) is 0 Å². The van der Waals surface area contributed by atoms with E-state index in [4.69, 9.17) is 14.2 Å². The quantitative estimate of drug-likeness (QED) is 0.507. The SMILES string of the molecule is CCOC(=O)CNC(CC(=O)OCC)C(=O)OCc1ccccc1. The van der Waals surface area contributed by atoms with Crippen LogP contribution in [0.2, 0.25) is 0 Å². The largest absolute Gasteiger partial charge is 0.466 e. The van der Waals surface area contributed by atoms with Gasteiger partial charge in [-0.05, 0) is 19.4 Å². The zero-order valence-corrected chi connectivity index (χ0v) is 13.9. The summed E-state index contributed by atoms with van der Waals surface area (Å²) in [5.41, 5.74) is 0.825. The van der Waals surface area contributed by atoms with Crippen LogP contribution in [0.4, 0.5) is 0 Å². The first-order chi connectivity index (χ1) is 11.6. The Kier molecular flexibility index (Phi) is 9.14. The van der Waals surface area contributed by atoms with Gasteiger partial charge in [0.1, 0.15) is 12.6 Å². The van der Waals surface area contributed by atoms with Crippen LogP contribution in [0.15, 0.2) is 30.3 Å². The predicted molar refractivity (Wildman–Crippen MR) is 85.9 cm³/mol. The predicted octanol–water partition coefficient (Wildman–Crippen LogP) is 1.20. The fraction of sp³-hybridized carbons (Fsp3) is 0.471. The van der Waals surface area contributed by atoms with E-state index < -0.39 is 23.9 Å². The molecule has 1 unspecified atom stereocenters. The van der Waals surface area contributed by atoms with Crippen LogP contribution in [0.25, 0.3) is 0 Å². The molecule has 0 heterocycles. The molecule has 0 amide bonds. The Hall–Kier alpha value is -2.41. The fourth-order valence-corrected chi connectivity index (χ4v) is 1.87. The van der Waals surface area contributed by atoms with Gasteiger partial charge >= 0.3 is 17.9 Å². The van der Waals surface area contributed by atoms with E-state index in [1.165, 1.54) is 0 Å². The summed E-state index contributed by atoms with van der Waals surface area (Å²) in [6.45, 7) is 3.69. The van der Waals surface area contributed by atoms with E-state index in [0.29, 0.717) is 0 Å². The van der Waals surface area contributed by atoms with Gasteiger partial charge in [-0.25, -0.2) is 0 Å². The van der Waals surface area contributed by atoms with Gasteiger partial charge in [-0.3, -0.25) is 19.7 Å². The smallest absolute Gasteiger partial charge is 0.324 e. The maximum Gasteiger partial charge on any atom is 0.324 e. The van der Waals surface area contributed by atoms with Gasteiger partial charge in [-0.1, -0.05) is 30.3 Å². The van der Waals surface area contributed by atoms with Crippen molar-refractivity contribution in [3.63, 3.8) is 0 Å². The second-order valence-corrected chi connectivity index (χ2v) is 4.84. The zero-order chi connectivity index (χ0) is 17.8. The first kappa shape index (κ1) is 19.6. The summed E-state index contributed by atoms with van der Waals surface area (Å²) in [5, 5.41) is 2.68. The Labute approximate surface area is 141 Å². The van der Waals surface area contributed by atoms with E-state index in [-0.39, 0.29) is 32.8 Å². The van der Waals surface area contributed by atoms with Crippen molar-refractivity contribution in [1.82, 2.24) is 5.32 Å². The maximum absolute atomic E-state index is 12.2. The number of carbonyl (C=O) groups excluding carboxylic acids is 3. The topological polar surface area (TPSA) is 90.9 Å². The van der Waals surface area contributed by atoms with Crippen molar-refractivity contribution in [2.45, 2.75) is 32.9 Å². The Morgan fingerprint density at radius 2 is 1.58 bits per heavy atom. The van der Waals surface area contributed by atoms with Crippen LogP contribution in [0.5, 0.6) is 0 Å². The van der Waals surface area contributed by atoms with E-state index in [9.17, 15) is 14.4 Å². The van der Waals surface area contributed by atoms with Crippen LogP contribution in [-0.4, -0.2) is 43.7 Å². The van der Waals surface area contributed by atoms with Crippen molar-refractivity contribution in [2.24, 2.45) is 0 Å². The zero-order valence-electron chi connectivity index (χ0n) is 13.9. The number of rotatable bonds is 10. The molecule has 0 saturated heterocycles. The third kappa shape index (κ3) is 7.73. The van der Waals surface area contributed by atoms with Gasteiger partial charge in [0.15, 0.2) is 0 Å². The molecule has 0 bridgehead atoms. The average molecular weight is 337 g/mol. The molecule has 7 heteroatoms. The summed E-state index contributed by atoms with van der Waals surface area (Å²) < 4.78 is 14.8. The first-order valence-corrected chi connectivity index (χ1v) is 7.82. The molecule has 0 spiro atoms. The Morgan fingerprint density at radius 1 is 0.958 bits per heavy atom. The van der Waals surface area contributed by atoms with Crippen molar-refractivity contribution in [2.75, 3.05) is 19.8 Å². The van der Waals surface area contributed by atoms with Gasteiger partial charge in [-0.15, -0.1) is 0 Å². The van der Waals surface area contributed by atoms with Crippen LogP contribution >= 0.6 is 0 Å². The van der Waals surface area contributed by atoms with Crippen LogP contribution < -0.4 is 5.32 Å². The molecular formula is C17H23NO6. The fourth-order valence-electron chi connectivity index (χ4n) is 1.87. The highest BCUT2D eigenvalue weighted by Gasteiger charge is 2.24. The molecule has 0 fully saturated rings. The van der Waals surface area contributed by atoms with Crippen molar-refractivity contribution >= 4 is 17.9 Å². The lowest BCUT2D eigenvalue weighted by atomic mass is 10.2. The number of carbonyl (C=O) groups is 3. The molecule has 1 aromatic rings. The summed E-state index contributed by atoms with van der Waals surface area (Å²) in [7, 11) is 0. The first-order valence-electron chi connectivity index (χ1n) is 7.82. The molecule has 0 aliphatic rings. The second-order valence-electron chi connectivity index (χ2n) is 4.84. The van der Waals surface area contributed by atoms with Crippen molar-refractivity contribution in [1.29, 1.82) is 0 Å². The van der Waals surface area contributed by atoms with Gasteiger partial charge in [0.2, 0.25) is 0 Å². The van der Waals surface area contributed by atoms with E-state index in [1.54, 1.807) is 13.8 Å². The monoisotopic (exact) mass is 337 g/mol. The normalized spacial score (nSPS) is 11.4. The van der Waals surface area contributed by atoms with E-state index in [1.807, 2.05) is 30.3 Å². The molecule has 0 aliphatic carbocycles. The third-order valence-electron chi connectivity index (χ3n) is 2.98. The minimum absolute atomic E-state index is 0.0834. The standard InChI is InChI=1S/C17H23NO6/c1-3-22-15(19)10-14(18-11-16(20)23-4-2)17(21)24-12-13-8-6-5-7-9-13/h5-9,14,18H,3-4,10-12H2,1-2H3. The van der Waals surface area contributed by atoms with Crippen LogP contribution in [0, 0.1) is 0 Å². The second kappa shape index (κ2) is 11.2. The third-order valence-corrected chi connectivity index (χ3v) is 2.98. The van der Waals surface area contributed by atoms with Gasteiger partial charge in [0, 0.05) is 0 Å². The number of hydrogen-bond donors (Lipinski definition) is 1. The molecule has 1 N–H and O–H groups in total. The highest BCUT2D eigenvalue weighted by atomic mass is 16.5. The van der Waals surface area contributed by atoms with Crippen LogP contribution in [-0.2, 0) is 35.2 Å². The molecule has 7 nitrogen and oxygen atoms in total. The molecule has 1 aromatic carbocycles. The van der Waals surface area contributed by atoms with Gasteiger partial charge in [0.05, 0.1) is 26.2 Å². The number of ether oxygens (including phenoxy) is 3. The summed E-state index contributed by atoms with van der Waals surface area (Å²) in [6.07, 6.45) is -0.221. The lowest BCUT2D eigenvalue weighted by Crippen LogP contribution is -2.43. The Bertz CT molecular complexity index is 531. The summed E-state index contributed by atoms with van der Waals surface area (Å²) in [4.78, 5) is 35.2. The van der Waals surface area contributed by atoms with E-state index >= 15 is 0 Å². The molecule has 132 valence electrons. The lowest BCUT2D eigenvalue weighted by Gasteiger charge is -2.16. The molecule has 1 atom stereocenters. The number of nitrogens with one attached hydrogen (secondary N) is 1. The summed E-state index contributed by atoms with van der Waals surface area (Å²) >= 11 is 0. The molecular weight excluding hydrogens is 314 g/mol. The van der Waals surface area contributed by atoms with Crippen LogP contribution in [0.1, 0.15) is 25.8 Å².